The van der Waals surface area contributed by atoms with Crippen molar-refractivity contribution in [2.24, 2.45) is 29.6 Å². The van der Waals surface area contributed by atoms with E-state index in [1.807, 2.05) is 0 Å². The summed E-state index contributed by atoms with van der Waals surface area (Å²) in [6.07, 6.45) is 5.26. The molecule has 4 fully saturated rings. The van der Waals surface area contributed by atoms with Crippen LogP contribution in [0.3, 0.4) is 0 Å². The Labute approximate surface area is 131 Å². The summed E-state index contributed by atoms with van der Waals surface area (Å²) in [5.41, 5.74) is -0.614. The molecule has 0 aromatic rings. The molecule has 124 valence electrons. The van der Waals surface area contributed by atoms with Gasteiger partial charge >= 0.3 is 12.1 Å². The van der Waals surface area contributed by atoms with Gasteiger partial charge in [0, 0.05) is 0 Å². The predicted octanol–water partition coefficient (Wildman–Crippen LogP) is 3.04. The summed E-state index contributed by atoms with van der Waals surface area (Å²) in [5, 5.41) is 12.3. The zero-order chi connectivity index (χ0) is 16.1. The van der Waals surface area contributed by atoms with E-state index in [9.17, 15) is 14.7 Å². The lowest BCUT2D eigenvalue weighted by Crippen LogP contribution is -2.57. The maximum absolute atomic E-state index is 12.0. The van der Waals surface area contributed by atoms with E-state index in [2.05, 4.69) is 5.32 Å². The molecular weight excluding hydrogens is 282 g/mol. The summed E-state index contributed by atoms with van der Waals surface area (Å²) in [4.78, 5) is 23.8. The predicted molar refractivity (Wildman–Crippen MR) is 81.3 cm³/mol. The Morgan fingerprint density at radius 1 is 1.05 bits per heavy atom. The minimum atomic E-state index is -0.927. The highest BCUT2D eigenvalue weighted by molar-refractivity contribution is 5.80. The molecule has 4 bridgehead atoms. The third-order valence-corrected chi connectivity index (χ3v) is 5.62. The van der Waals surface area contributed by atoms with E-state index in [1.165, 1.54) is 6.42 Å². The highest BCUT2D eigenvalue weighted by Gasteiger charge is 2.52. The standard InChI is InChI=1S/C17H27NO4/c1-17(2,3)22-16(21)18-14(15(19)20)13-11-5-9-4-10(7-11)8-12(13)6-9/h9-14H,4-8H2,1-3H3,(H,18,21)(H,19,20). The topological polar surface area (TPSA) is 75.6 Å². The van der Waals surface area contributed by atoms with Crippen LogP contribution in [0.4, 0.5) is 4.79 Å². The Kier molecular flexibility index (Phi) is 3.86. The van der Waals surface area contributed by atoms with Gasteiger partial charge in [-0.05, 0) is 82.5 Å². The monoisotopic (exact) mass is 309 g/mol. The number of hydrogen-bond donors (Lipinski definition) is 2. The molecule has 1 amide bonds. The van der Waals surface area contributed by atoms with Gasteiger partial charge in [0.15, 0.2) is 0 Å². The van der Waals surface area contributed by atoms with Crippen molar-refractivity contribution in [1.82, 2.24) is 5.32 Å². The molecule has 2 N–H and O–H groups in total. The van der Waals surface area contributed by atoms with Gasteiger partial charge in [-0.3, -0.25) is 0 Å². The third-order valence-electron chi connectivity index (χ3n) is 5.62. The minimum Gasteiger partial charge on any atom is -0.480 e. The summed E-state index contributed by atoms with van der Waals surface area (Å²) in [5.74, 6) is 1.62. The van der Waals surface area contributed by atoms with Crippen LogP contribution >= 0.6 is 0 Å². The van der Waals surface area contributed by atoms with E-state index < -0.39 is 23.7 Å². The number of hydrogen-bond acceptors (Lipinski definition) is 3. The molecule has 4 saturated carbocycles. The molecule has 0 aromatic carbocycles. The van der Waals surface area contributed by atoms with Crippen LogP contribution in [0, 0.1) is 29.6 Å². The second-order valence-electron chi connectivity index (χ2n) is 8.47. The second-order valence-corrected chi connectivity index (χ2v) is 8.47. The lowest BCUT2D eigenvalue weighted by Gasteiger charge is -2.55. The second kappa shape index (κ2) is 5.43. The van der Waals surface area contributed by atoms with Crippen LogP contribution in [0.5, 0.6) is 0 Å². The van der Waals surface area contributed by atoms with Crippen molar-refractivity contribution in [3.63, 3.8) is 0 Å². The highest BCUT2D eigenvalue weighted by atomic mass is 16.6. The Morgan fingerprint density at radius 3 is 1.95 bits per heavy atom. The van der Waals surface area contributed by atoms with Crippen LogP contribution in [0.2, 0.25) is 0 Å². The summed E-state index contributed by atoms with van der Waals surface area (Å²) < 4.78 is 5.25. The molecular formula is C17H27NO4. The number of nitrogens with one attached hydrogen (secondary N) is 1. The normalized spacial score (nSPS) is 37.7. The molecule has 0 saturated heterocycles. The average molecular weight is 309 g/mol. The number of alkyl carbamates (subject to hydrolysis) is 1. The molecule has 1 atom stereocenters. The molecule has 5 heteroatoms. The molecule has 4 rings (SSSR count). The molecule has 0 radical (unpaired) electrons. The summed E-state index contributed by atoms with van der Waals surface area (Å²) in [6, 6.07) is -0.815. The van der Waals surface area contributed by atoms with E-state index in [0.29, 0.717) is 11.8 Å². The van der Waals surface area contributed by atoms with Gasteiger partial charge in [-0.1, -0.05) is 0 Å². The molecule has 0 heterocycles. The van der Waals surface area contributed by atoms with Gasteiger partial charge in [-0.2, -0.15) is 0 Å². The van der Waals surface area contributed by atoms with E-state index >= 15 is 0 Å². The maximum Gasteiger partial charge on any atom is 0.408 e. The molecule has 0 aromatic heterocycles. The quantitative estimate of drug-likeness (QED) is 0.840. The minimum absolute atomic E-state index is 0.0674. The van der Waals surface area contributed by atoms with Gasteiger partial charge in [0.2, 0.25) is 0 Å². The zero-order valence-electron chi connectivity index (χ0n) is 13.7. The molecule has 22 heavy (non-hydrogen) atoms. The number of rotatable bonds is 3. The Balaban J connectivity index is 1.72. The van der Waals surface area contributed by atoms with E-state index in [1.54, 1.807) is 20.8 Å². The number of amides is 1. The molecule has 4 aliphatic rings. The molecule has 1 unspecified atom stereocenters. The van der Waals surface area contributed by atoms with Crippen molar-refractivity contribution in [2.75, 3.05) is 0 Å². The smallest absolute Gasteiger partial charge is 0.408 e. The first-order valence-corrected chi connectivity index (χ1v) is 8.45. The van der Waals surface area contributed by atoms with Crippen molar-refractivity contribution in [3.8, 4) is 0 Å². The van der Waals surface area contributed by atoms with Crippen LogP contribution in [-0.2, 0) is 9.53 Å². The van der Waals surface area contributed by atoms with E-state index in [4.69, 9.17) is 4.74 Å². The molecule has 5 nitrogen and oxygen atoms in total. The van der Waals surface area contributed by atoms with Gasteiger partial charge in [-0.15, -0.1) is 0 Å². The van der Waals surface area contributed by atoms with Crippen LogP contribution in [0.15, 0.2) is 0 Å². The zero-order valence-corrected chi connectivity index (χ0v) is 13.7. The van der Waals surface area contributed by atoms with Crippen LogP contribution < -0.4 is 5.32 Å². The van der Waals surface area contributed by atoms with Gasteiger partial charge in [-0.25, -0.2) is 9.59 Å². The van der Waals surface area contributed by atoms with Gasteiger partial charge < -0.3 is 15.2 Å². The largest absolute Gasteiger partial charge is 0.480 e. The summed E-state index contributed by atoms with van der Waals surface area (Å²) in [6.45, 7) is 5.35. The number of carbonyl (C=O) groups is 2. The Morgan fingerprint density at radius 2 is 1.55 bits per heavy atom. The van der Waals surface area contributed by atoms with Crippen molar-refractivity contribution in [2.45, 2.75) is 64.5 Å². The summed E-state index contributed by atoms with van der Waals surface area (Å²) >= 11 is 0. The van der Waals surface area contributed by atoms with Crippen LogP contribution in [0.1, 0.15) is 52.9 Å². The number of carboxylic acids is 1. The Hall–Kier alpha value is -1.26. The SMILES string of the molecule is CC(C)(C)OC(=O)NC(C(=O)O)C1C2CC3CC(C2)CC1C3. The van der Waals surface area contributed by atoms with Gasteiger partial charge in [0.1, 0.15) is 11.6 Å². The first kappa shape index (κ1) is 15.6. The van der Waals surface area contributed by atoms with Crippen molar-refractivity contribution < 1.29 is 19.4 Å². The fraction of sp³-hybridized carbons (Fsp3) is 0.882. The van der Waals surface area contributed by atoms with Crippen molar-refractivity contribution in [3.05, 3.63) is 0 Å². The molecule has 0 aliphatic heterocycles. The maximum atomic E-state index is 12.0. The van der Waals surface area contributed by atoms with Crippen LogP contribution in [0.25, 0.3) is 0 Å². The fourth-order valence-corrected chi connectivity index (χ4v) is 5.27. The van der Waals surface area contributed by atoms with Gasteiger partial charge in [0.05, 0.1) is 0 Å². The number of carbonyl (C=O) groups excluding carboxylic acids is 1. The number of aliphatic carboxylic acids is 1. The first-order chi connectivity index (χ1) is 10.2. The number of ether oxygens (including phenoxy) is 1. The van der Waals surface area contributed by atoms with E-state index in [0.717, 1.165) is 37.5 Å². The number of carboxylic acid groups (broad SMARTS) is 1. The fourth-order valence-electron chi connectivity index (χ4n) is 5.27. The van der Waals surface area contributed by atoms with Crippen molar-refractivity contribution >= 4 is 12.1 Å². The summed E-state index contributed by atoms with van der Waals surface area (Å²) in [7, 11) is 0. The molecule has 0 spiro atoms. The molecule has 4 aliphatic carbocycles. The van der Waals surface area contributed by atoms with Crippen LogP contribution in [-0.4, -0.2) is 28.8 Å². The van der Waals surface area contributed by atoms with E-state index in [-0.39, 0.29) is 5.92 Å². The third kappa shape index (κ3) is 3.08. The highest BCUT2D eigenvalue weighted by Crippen LogP contribution is 2.57. The lowest BCUT2D eigenvalue weighted by atomic mass is 9.50. The first-order valence-electron chi connectivity index (χ1n) is 8.45. The lowest BCUT2D eigenvalue weighted by molar-refractivity contribution is -0.146. The van der Waals surface area contributed by atoms with Crippen molar-refractivity contribution in [1.29, 1.82) is 0 Å². The Bertz CT molecular complexity index is 440. The van der Waals surface area contributed by atoms with Gasteiger partial charge in [0.25, 0.3) is 0 Å². The average Bonchev–Trinajstić information content (AvgIpc) is 2.33.